The molecule has 7 heteroatoms. The summed E-state index contributed by atoms with van der Waals surface area (Å²) in [6.07, 6.45) is -0.199. The number of rotatable bonds is 10. The third-order valence-corrected chi connectivity index (χ3v) is 5.00. The van der Waals surface area contributed by atoms with Gasteiger partial charge in [0.25, 0.3) is 0 Å². The summed E-state index contributed by atoms with van der Waals surface area (Å²) in [5.74, 6) is 1.09. The fourth-order valence-corrected chi connectivity index (χ4v) is 3.26. The zero-order chi connectivity index (χ0) is 23.1. The van der Waals surface area contributed by atoms with Crippen molar-refractivity contribution < 1.29 is 27.8 Å². The summed E-state index contributed by atoms with van der Waals surface area (Å²) in [5, 5.41) is 0. The monoisotopic (exact) mass is 441 g/mol. The fraction of sp³-hybridized carbons (Fsp3) is 0.360. The summed E-state index contributed by atoms with van der Waals surface area (Å²) in [6, 6.07) is 11.7. The van der Waals surface area contributed by atoms with Crippen LogP contribution >= 0.6 is 0 Å². The van der Waals surface area contributed by atoms with Crippen molar-refractivity contribution in [3.8, 4) is 17.2 Å². The van der Waals surface area contributed by atoms with E-state index >= 15 is 0 Å². The van der Waals surface area contributed by atoms with Crippen LogP contribution in [0.3, 0.4) is 0 Å². The molecule has 1 heterocycles. The molecule has 3 aromatic rings. The van der Waals surface area contributed by atoms with Crippen molar-refractivity contribution in [1.82, 2.24) is 4.98 Å². The second kappa shape index (κ2) is 10.9. The molecule has 0 aliphatic rings. The Labute approximate surface area is 187 Å². The molecule has 1 atom stereocenters. The van der Waals surface area contributed by atoms with E-state index in [1.165, 1.54) is 12.1 Å². The molecule has 170 valence electrons. The van der Waals surface area contributed by atoms with Crippen LogP contribution in [0.2, 0.25) is 0 Å². The van der Waals surface area contributed by atoms with Crippen molar-refractivity contribution in [1.29, 1.82) is 0 Å². The Morgan fingerprint density at radius 2 is 1.84 bits per heavy atom. The minimum Gasteiger partial charge on any atom is -0.487 e. The number of aromatic nitrogens is 1. The van der Waals surface area contributed by atoms with Gasteiger partial charge in [-0.1, -0.05) is 6.07 Å². The van der Waals surface area contributed by atoms with Gasteiger partial charge in [-0.25, -0.2) is 14.2 Å². The third-order valence-electron chi connectivity index (χ3n) is 5.00. The van der Waals surface area contributed by atoms with Crippen molar-refractivity contribution in [3.05, 3.63) is 70.9 Å². The molecule has 0 saturated heterocycles. The Bertz CT molecular complexity index is 1040. The highest BCUT2D eigenvalue weighted by molar-refractivity contribution is 5.75. The van der Waals surface area contributed by atoms with Gasteiger partial charge in [-0.05, 0) is 75.2 Å². The number of carbonyl (C=O) groups excluding carboxylic acids is 1. The first-order valence-corrected chi connectivity index (χ1v) is 10.6. The number of hydrogen-bond donors (Lipinski definition) is 0. The van der Waals surface area contributed by atoms with E-state index in [1.807, 2.05) is 39.0 Å². The van der Waals surface area contributed by atoms with Gasteiger partial charge in [-0.15, -0.1) is 0 Å². The Hall–Kier alpha value is -3.19. The van der Waals surface area contributed by atoms with Crippen molar-refractivity contribution in [3.63, 3.8) is 0 Å². The molecular formula is C25H28FNO5. The first kappa shape index (κ1) is 23.5. The molecule has 0 N–H and O–H groups in total. The molecule has 0 radical (unpaired) electrons. The highest BCUT2D eigenvalue weighted by atomic mass is 19.1. The lowest BCUT2D eigenvalue weighted by molar-refractivity contribution is -0.156. The van der Waals surface area contributed by atoms with E-state index in [0.717, 1.165) is 11.1 Å². The van der Waals surface area contributed by atoms with Gasteiger partial charge >= 0.3 is 5.97 Å². The van der Waals surface area contributed by atoms with Gasteiger partial charge in [0, 0.05) is 18.6 Å². The van der Waals surface area contributed by atoms with E-state index in [-0.39, 0.29) is 18.4 Å². The van der Waals surface area contributed by atoms with Gasteiger partial charge in [0.2, 0.25) is 5.89 Å². The van der Waals surface area contributed by atoms with Gasteiger partial charge in [0.05, 0.1) is 6.61 Å². The number of oxazole rings is 1. The van der Waals surface area contributed by atoms with Crippen LogP contribution in [0.1, 0.15) is 36.4 Å². The molecular weight excluding hydrogens is 413 g/mol. The van der Waals surface area contributed by atoms with Crippen LogP contribution in [0.15, 0.2) is 46.9 Å². The highest BCUT2D eigenvalue weighted by Crippen LogP contribution is 2.24. The van der Waals surface area contributed by atoms with Gasteiger partial charge in [-0.2, -0.15) is 0 Å². The van der Waals surface area contributed by atoms with Gasteiger partial charge in [-0.3, -0.25) is 0 Å². The smallest absolute Gasteiger partial charge is 0.335 e. The standard InChI is InChI=1S/C25H28FNO5/c1-5-29-23(25(28)30-6-2)14-19-9-12-21(13-16(19)3)31-15-22-17(4)32-24(27-22)18-7-10-20(26)11-8-18/h7-13,23H,5-6,14-15H2,1-4H3. The zero-order valence-electron chi connectivity index (χ0n) is 18.8. The van der Waals surface area contributed by atoms with Crippen molar-refractivity contribution >= 4 is 5.97 Å². The maximum atomic E-state index is 13.1. The van der Waals surface area contributed by atoms with Gasteiger partial charge in [0.15, 0.2) is 6.10 Å². The van der Waals surface area contributed by atoms with E-state index < -0.39 is 6.10 Å². The Morgan fingerprint density at radius 1 is 1.09 bits per heavy atom. The van der Waals surface area contributed by atoms with E-state index in [1.54, 1.807) is 19.1 Å². The summed E-state index contributed by atoms with van der Waals surface area (Å²) in [5.41, 5.74) is 3.34. The number of aryl methyl sites for hydroxylation is 2. The predicted octanol–water partition coefficient (Wildman–Crippen LogP) is 5.19. The molecule has 0 spiro atoms. The van der Waals surface area contributed by atoms with E-state index in [4.69, 9.17) is 18.6 Å². The first-order valence-electron chi connectivity index (χ1n) is 10.6. The third kappa shape index (κ3) is 5.95. The van der Waals surface area contributed by atoms with Crippen molar-refractivity contribution in [2.45, 2.75) is 46.8 Å². The van der Waals surface area contributed by atoms with Crippen LogP contribution in [0.5, 0.6) is 5.75 Å². The normalized spacial score (nSPS) is 11.9. The Balaban J connectivity index is 1.66. The minimum atomic E-state index is -0.631. The summed E-state index contributed by atoms with van der Waals surface area (Å²) >= 11 is 0. The summed E-state index contributed by atoms with van der Waals surface area (Å²) < 4.78 is 35.4. The van der Waals surface area contributed by atoms with Gasteiger partial charge < -0.3 is 18.6 Å². The fourth-order valence-electron chi connectivity index (χ4n) is 3.26. The average molecular weight is 441 g/mol. The SMILES string of the molecule is CCOC(=O)C(Cc1ccc(OCc2nc(-c3ccc(F)cc3)oc2C)cc1C)OCC. The maximum absolute atomic E-state index is 13.1. The molecule has 0 saturated carbocycles. The molecule has 0 amide bonds. The van der Waals surface area contributed by atoms with Crippen LogP contribution in [-0.4, -0.2) is 30.3 Å². The molecule has 2 aromatic carbocycles. The van der Waals surface area contributed by atoms with Crippen LogP contribution < -0.4 is 4.74 Å². The number of esters is 1. The second-order valence-electron chi connectivity index (χ2n) is 7.31. The number of hydrogen-bond acceptors (Lipinski definition) is 6. The Kier molecular flexibility index (Phi) is 8.00. The van der Waals surface area contributed by atoms with Crippen molar-refractivity contribution in [2.24, 2.45) is 0 Å². The molecule has 1 unspecified atom stereocenters. The van der Waals surface area contributed by atoms with Crippen molar-refractivity contribution in [2.75, 3.05) is 13.2 Å². The molecule has 1 aromatic heterocycles. The van der Waals surface area contributed by atoms with E-state index in [2.05, 4.69) is 4.98 Å². The number of benzene rings is 2. The lowest BCUT2D eigenvalue weighted by Gasteiger charge is -2.17. The zero-order valence-corrected chi connectivity index (χ0v) is 18.8. The number of ether oxygens (including phenoxy) is 3. The second-order valence-corrected chi connectivity index (χ2v) is 7.31. The molecule has 0 fully saturated rings. The molecule has 0 bridgehead atoms. The van der Waals surface area contributed by atoms with Gasteiger partial charge in [0.1, 0.15) is 29.6 Å². The van der Waals surface area contributed by atoms with Crippen LogP contribution in [0.25, 0.3) is 11.5 Å². The first-order chi connectivity index (χ1) is 15.4. The lowest BCUT2D eigenvalue weighted by atomic mass is 10.0. The average Bonchev–Trinajstić information content (AvgIpc) is 3.14. The van der Waals surface area contributed by atoms with Crippen LogP contribution in [-0.2, 0) is 27.3 Å². The van der Waals surface area contributed by atoms with Crippen LogP contribution in [0.4, 0.5) is 4.39 Å². The molecule has 6 nitrogen and oxygen atoms in total. The molecule has 32 heavy (non-hydrogen) atoms. The topological polar surface area (TPSA) is 70.8 Å². The Morgan fingerprint density at radius 3 is 2.50 bits per heavy atom. The molecule has 3 rings (SSSR count). The summed E-state index contributed by atoms with van der Waals surface area (Å²) in [6.45, 7) is 8.39. The summed E-state index contributed by atoms with van der Waals surface area (Å²) in [7, 11) is 0. The van der Waals surface area contributed by atoms with Crippen LogP contribution in [0, 0.1) is 19.7 Å². The van der Waals surface area contributed by atoms with E-state index in [9.17, 15) is 9.18 Å². The quantitative estimate of drug-likeness (QED) is 0.404. The maximum Gasteiger partial charge on any atom is 0.335 e. The predicted molar refractivity (Wildman–Crippen MR) is 118 cm³/mol. The number of carbonyl (C=O) groups is 1. The molecule has 0 aliphatic heterocycles. The number of halogens is 1. The lowest BCUT2D eigenvalue weighted by Crippen LogP contribution is -2.29. The summed E-state index contributed by atoms with van der Waals surface area (Å²) in [4.78, 5) is 16.6. The van der Waals surface area contributed by atoms with E-state index in [0.29, 0.717) is 48.3 Å². The number of nitrogens with zero attached hydrogens (tertiary/aromatic N) is 1. The highest BCUT2D eigenvalue weighted by Gasteiger charge is 2.21. The minimum absolute atomic E-state index is 0.236. The largest absolute Gasteiger partial charge is 0.487 e. The molecule has 0 aliphatic carbocycles.